The molecule has 2 aromatic carbocycles. The molecule has 0 aliphatic carbocycles. The quantitative estimate of drug-likeness (QED) is 0.780. The van der Waals surface area contributed by atoms with Gasteiger partial charge in [-0.05, 0) is 29.7 Å². The van der Waals surface area contributed by atoms with E-state index in [1.807, 2.05) is 6.07 Å². The molecule has 0 bridgehead atoms. The number of nitrogens with one attached hydrogen (secondary N) is 1. The van der Waals surface area contributed by atoms with Crippen LogP contribution in [0.1, 0.15) is 36.9 Å². The van der Waals surface area contributed by atoms with Crippen LogP contribution in [-0.4, -0.2) is 0 Å². The standard InChI is InChI=1S/C17H19ClFN/c1-2-6-17(14-7-4-3-5-8-14)20-12-13-9-10-16(19)15(18)11-13/h3-5,7-11,17,20H,2,6,12H2,1H3. The van der Waals surface area contributed by atoms with E-state index in [9.17, 15) is 4.39 Å². The minimum absolute atomic E-state index is 0.177. The second-order valence-electron chi connectivity index (χ2n) is 4.88. The van der Waals surface area contributed by atoms with Gasteiger partial charge in [-0.15, -0.1) is 0 Å². The summed E-state index contributed by atoms with van der Waals surface area (Å²) in [5, 5.41) is 3.70. The molecule has 2 aromatic rings. The topological polar surface area (TPSA) is 12.0 Å². The van der Waals surface area contributed by atoms with Crippen LogP contribution in [0.25, 0.3) is 0 Å². The zero-order valence-corrected chi connectivity index (χ0v) is 12.3. The van der Waals surface area contributed by atoms with Gasteiger partial charge < -0.3 is 5.32 Å². The maximum atomic E-state index is 13.1. The zero-order valence-electron chi connectivity index (χ0n) is 11.6. The fourth-order valence-corrected chi connectivity index (χ4v) is 2.45. The van der Waals surface area contributed by atoms with E-state index in [2.05, 4.69) is 36.5 Å². The van der Waals surface area contributed by atoms with Gasteiger partial charge in [0.15, 0.2) is 0 Å². The lowest BCUT2D eigenvalue weighted by Crippen LogP contribution is -2.20. The number of hydrogen-bond acceptors (Lipinski definition) is 1. The molecule has 20 heavy (non-hydrogen) atoms. The third-order valence-corrected chi connectivity index (χ3v) is 3.61. The molecule has 0 saturated carbocycles. The van der Waals surface area contributed by atoms with Gasteiger partial charge in [-0.2, -0.15) is 0 Å². The lowest BCUT2D eigenvalue weighted by Gasteiger charge is -2.19. The van der Waals surface area contributed by atoms with E-state index in [4.69, 9.17) is 11.6 Å². The van der Waals surface area contributed by atoms with Crippen LogP contribution in [0.15, 0.2) is 48.5 Å². The molecule has 0 aliphatic rings. The Morgan fingerprint density at radius 1 is 1.15 bits per heavy atom. The van der Waals surface area contributed by atoms with E-state index < -0.39 is 0 Å². The molecular weight excluding hydrogens is 273 g/mol. The third kappa shape index (κ3) is 4.06. The molecule has 1 atom stereocenters. The predicted molar refractivity (Wildman–Crippen MR) is 82.3 cm³/mol. The minimum atomic E-state index is -0.372. The second-order valence-corrected chi connectivity index (χ2v) is 5.29. The Morgan fingerprint density at radius 3 is 2.55 bits per heavy atom. The Morgan fingerprint density at radius 2 is 1.90 bits per heavy atom. The van der Waals surface area contributed by atoms with Crippen LogP contribution in [0.3, 0.4) is 0 Å². The highest BCUT2D eigenvalue weighted by Crippen LogP contribution is 2.20. The SMILES string of the molecule is CCCC(NCc1ccc(F)c(Cl)c1)c1ccccc1. The van der Waals surface area contributed by atoms with Crippen LogP contribution in [0.5, 0.6) is 0 Å². The van der Waals surface area contributed by atoms with E-state index in [-0.39, 0.29) is 10.8 Å². The summed E-state index contributed by atoms with van der Waals surface area (Å²) >= 11 is 5.80. The molecule has 106 valence electrons. The van der Waals surface area contributed by atoms with Gasteiger partial charge in [-0.3, -0.25) is 0 Å². The van der Waals surface area contributed by atoms with Crippen LogP contribution in [-0.2, 0) is 6.54 Å². The van der Waals surface area contributed by atoms with E-state index in [1.54, 1.807) is 12.1 Å². The van der Waals surface area contributed by atoms with Crippen molar-refractivity contribution in [3.63, 3.8) is 0 Å². The molecule has 0 spiro atoms. The molecule has 0 aromatic heterocycles. The van der Waals surface area contributed by atoms with Gasteiger partial charge in [0, 0.05) is 12.6 Å². The zero-order chi connectivity index (χ0) is 14.4. The summed E-state index contributed by atoms with van der Waals surface area (Å²) < 4.78 is 13.1. The van der Waals surface area contributed by atoms with Crippen LogP contribution < -0.4 is 5.32 Å². The molecule has 0 saturated heterocycles. The van der Waals surface area contributed by atoms with Crippen molar-refractivity contribution in [1.82, 2.24) is 5.32 Å². The van der Waals surface area contributed by atoms with Crippen molar-refractivity contribution in [3.8, 4) is 0 Å². The summed E-state index contributed by atoms with van der Waals surface area (Å²) in [5.41, 5.74) is 2.27. The summed E-state index contributed by atoms with van der Waals surface area (Å²) in [6, 6.07) is 15.5. The summed E-state index contributed by atoms with van der Waals surface area (Å²) in [7, 11) is 0. The summed E-state index contributed by atoms with van der Waals surface area (Å²) in [6.07, 6.45) is 2.18. The van der Waals surface area contributed by atoms with Gasteiger partial charge in [0.25, 0.3) is 0 Å². The largest absolute Gasteiger partial charge is 0.306 e. The summed E-state index contributed by atoms with van der Waals surface area (Å²) in [5.74, 6) is -0.372. The van der Waals surface area contributed by atoms with Crippen molar-refractivity contribution in [1.29, 1.82) is 0 Å². The number of benzene rings is 2. The van der Waals surface area contributed by atoms with Crippen molar-refractivity contribution in [3.05, 3.63) is 70.5 Å². The van der Waals surface area contributed by atoms with Gasteiger partial charge >= 0.3 is 0 Å². The van der Waals surface area contributed by atoms with Crippen LogP contribution in [0.2, 0.25) is 5.02 Å². The first-order chi connectivity index (χ1) is 9.70. The van der Waals surface area contributed by atoms with Crippen LogP contribution in [0, 0.1) is 5.82 Å². The highest BCUT2D eigenvalue weighted by molar-refractivity contribution is 6.30. The van der Waals surface area contributed by atoms with E-state index in [0.717, 1.165) is 18.4 Å². The van der Waals surface area contributed by atoms with E-state index in [0.29, 0.717) is 12.6 Å². The van der Waals surface area contributed by atoms with Gasteiger partial charge in [0.05, 0.1) is 5.02 Å². The highest BCUT2D eigenvalue weighted by atomic mass is 35.5. The predicted octanol–water partition coefficient (Wildman–Crippen LogP) is 5.11. The van der Waals surface area contributed by atoms with Crippen molar-refractivity contribution in [2.45, 2.75) is 32.4 Å². The lowest BCUT2D eigenvalue weighted by atomic mass is 10.0. The molecule has 2 rings (SSSR count). The van der Waals surface area contributed by atoms with Crippen LogP contribution >= 0.6 is 11.6 Å². The molecular formula is C17H19ClFN. The van der Waals surface area contributed by atoms with E-state index in [1.165, 1.54) is 11.6 Å². The molecule has 0 radical (unpaired) electrons. The molecule has 1 nitrogen and oxygen atoms in total. The summed E-state index contributed by atoms with van der Waals surface area (Å²) in [4.78, 5) is 0. The Hall–Kier alpha value is -1.38. The smallest absolute Gasteiger partial charge is 0.141 e. The molecule has 0 heterocycles. The van der Waals surface area contributed by atoms with Gasteiger partial charge in [0.2, 0.25) is 0 Å². The molecule has 1 N–H and O–H groups in total. The van der Waals surface area contributed by atoms with Gasteiger partial charge in [-0.25, -0.2) is 4.39 Å². The first kappa shape index (κ1) is 15.0. The third-order valence-electron chi connectivity index (χ3n) is 3.32. The molecule has 1 unspecified atom stereocenters. The highest BCUT2D eigenvalue weighted by Gasteiger charge is 2.10. The van der Waals surface area contributed by atoms with E-state index >= 15 is 0 Å². The normalized spacial score (nSPS) is 12.3. The molecule has 0 amide bonds. The lowest BCUT2D eigenvalue weighted by molar-refractivity contribution is 0.493. The Labute approximate surface area is 124 Å². The van der Waals surface area contributed by atoms with Crippen molar-refractivity contribution in [2.75, 3.05) is 0 Å². The maximum absolute atomic E-state index is 13.1. The minimum Gasteiger partial charge on any atom is -0.306 e. The van der Waals surface area contributed by atoms with Crippen LogP contribution in [0.4, 0.5) is 4.39 Å². The number of rotatable bonds is 6. The van der Waals surface area contributed by atoms with Crippen molar-refractivity contribution in [2.24, 2.45) is 0 Å². The maximum Gasteiger partial charge on any atom is 0.141 e. The fraction of sp³-hybridized carbons (Fsp3) is 0.294. The summed E-state index contributed by atoms with van der Waals surface area (Å²) in [6.45, 7) is 2.85. The van der Waals surface area contributed by atoms with Crippen molar-refractivity contribution >= 4 is 11.6 Å². The first-order valence-electron chi connectivity index (χ1n) is 6.93. The Kier molecular flexibility index (Phi) is 5.57. The van der Waals surface area contributed by atoms with Gasteiger partial charge in [0.1, 0.15) is 5.82 Å². The first-order valence-corrected chi connectivity index (χ1v) is 7.30. The Balaban J connectivity index is 2.03. The molecule has 3 heteroatoms. The average molecular weight is 292 g/mol. The van der Waals surface area contributed by atoms with Crippen molar-refractivity contribution < 1.29 is 4.39 Å². The molecule has 0 fully saturated rings. The Bertz CT molecular complexity index is 542. The number of halogens is 2. The monoisotopic (exact) mass is 291 g/mol. The molecule has 0 aliphatic heterocycles. The average Bonchev–Trinajstić information content (AvgIpc) is 2.48. The fourth-order valence-electron chi connectivity index (χ4n) is 2.25. The second kappa shape index (κ2) is 7.41. The van der Waals surface area contributed by atoms with Gasteiger partial charge in [-0.1, -0.05) is 61.3 Å². The number of hydrogen-bond donors (Lipinski definition) is 1.